The molecule has 2 aromatic carbocycles. The van der Waals surface area contributed by atoms with Crippen LogP contribution in [0.1, 0.15) is 33.7 Å². The molecule has 0 saturated heterocycles. The zero-order valence-corrected chi connectivity index (χ0v) is 19.6. The number of ether oxygens (including phenoxy) is 3. The average molecular weight is 485 g/mol. The number of nitrogens with zero attached hydrogens (tertiary/aromatic N) is 3. The Labute approximate surface area is 201 Å². The number of aromatic nitrogens is 2. The summed E-state index contributed by atoms with van der Waals surface area (Å²) in [6, 6.07) is 8.66. The number of carbonyl (C=O) groups excluding carboxylic acids is 2. The summed E-state index contributed by atoms with van der Waals surface area (Å²) >= 11 is 0. The van der Waals surface area contributed by atoms with Crippen molar-refractivity contribution in [2.45, 2.75) is 25.8 Å². The van der Waals surface area contributed by atoms with Gasteiger partial charge >= 0.3 is 5.97 Å². The van der Waals surface area contributed by atoms with Crippen molar-refractivity contribution in [2.24, 2.45) is 0 Å². The maximum Gasteiger partial charge on any atom is 0.325 e. The third-order valence-electron chi connectivity index (χ3n) is 5.90. The van der Waals surface area contributed by atoms with Crippen LogP contribution in [-0.2, 0) is 28.9 Å². The number of fused-ring (bicyclic) bond motifs is 1. The molecule has 1 aliphatic carbocycles. The van der Waals surface area contributed by atoms with E-state index in [-0.39, 0.29) is 18.8 Å². The van der Waals surface area contributed by atoms with Gasteiger partial charge in [-0.25, -0.2) is 13.5 Å². The van der Waals surface area contributed by atoms with Gasteiger partial charge in [-0.3, -0.25) is 9.59 Å². The highest BCUT2D eigenvalue weighted by molar-refractivity contribution is 5.96. The fourth-order valence-electron chi connectivity index (χ4n) is 4.19. The summed E-state index contributed by atoms with van der Waals surface area (Å²) in [6.07, 6.45) is 2.04. The smallest absolute Gasteiger partial charge is 0.325 e. The highest BCUT2D eigenvalue weighted by Gasteiger charge is 2.31. The van der Waals surface area contributed by atoms with E-state index in [2.05, 4.69) is 5.10 Å². The van der Waals surface area contributed by atoms with E-state index in [4.69, 9.17) is 14.2 Å². The van der Waals surface area contributed by atoms with Gasteiger partial charge in [0.25, 0.3) is 5.91 Å². The Morgan fingerprint density at radius 1 is 1.00 bits per heavy atom. The van der Waals surface area contributed by atoms with Gasteiger partial charge in [-0.1, -0.05) is 0 Å². The monoisotopic (exact) mass is 485 g/mol. The fraction of sp³-hybridized carbons (Fsp3) is 0.320. The quantitative estimate of drug-likeness (QED) is 0.455. The zero-order chi connectivity index (χ0) is 25.1. The number of halogens is 2. The summed E-state index contributed by atoms with van der Waals surface area (Å²) < 4.78 is 44.3. The molecule has 8 nitrogen and oxygen atoms in total. The standard InChI is InChI=1S/C25H25F2N3O5/c1-33-17-9-15(10-18(12-17)34-2)13-29(14-23(31)35-3)25(32)24-19-5-4-6-22(19)30(28-24)16-7-8-20(26)21(27)11-16/h7-12H,4-6,13-14H2,1-3H3. The van der Waals surface area contributed by atoms with E-state index in [9.17, 15) is 18.4 Å². The number of esters is 1. The minimum absolute atomic E-state index is 0.0638. The molecule has 0 spiro atoms. The number of methoxy groups -OCH3 is 3. The van der Waals surface area contributed by atoms with Gasteiger partial charge in [0.1, 0.15) is 18.0 Å². The van der Waals surface area contributed by atoms with Crippen LogP contribution in [0.2, 0.25) is 0 Å². The van der Waals surface area contributed by atoms with E-state index in [1.807, 2.05) is 0 Å². The first-order valence-electron chi connectivity index (χ1n) is 11.0. The predicted molar refractivity (Wildman–Crippen MR) is 122 cm³/mol. The number of hydrogen-bond donors (Lipinski definition) is 0. The Balaban J connectivity index is 1.72. The second-order valence-electron chi connectivity index (χ2n) is 8.10. The Kier molecular flexibility index (Phi) is 6.99. The molecule has 0 unspecified atom stereocenters. The summed E-state index contributed by atoms with van der Waals surface area (Å²) in [5.41, 5.74) is 2.66. The highest BCUT2D eigenvalue weighted by Crippen LogP contribution is 2.30. The topological polar surface area (TPSA) is 82.9 Å². The molecule has 0 saturated carbocycles. The summed E-state index contributed by atoms with van der Waals surface area (Å²) in [5, 5.41) is 4.47. The average Bonchev–Trinajstić information content (AvgIpc) is 3.47. The Morgan fingerprint density at radius 2 is 1.71 bits per heavy atom. The van der Waals surface area contributed by atoms with Crippen LogP contribution in [0.5, 0.6) is 11.5 Å². The van der Waals surface area contributed by atoms with Crippen LogP contribution in [0.3, 0.4) is 0 Å². The van der Waals surface area contributed by atoms with Crippen molar-refractivity contribution < 1.29 is 32.6 Å². The van der Waals surface area contributed by atoms with Crippen molar-refractivity contribution in [2.75, 3.05) is 27.9 Å². The Bertz CT molecular complexity index is 1250. The highest BCUT2D eigenvalue weighted by atomic mass is 19.2. The molecule has 0 atom stereocenters. The molecule has 0 radical (unpaired) electrons. The maximum atomic E-state index is 13.9. The van der Waals surface area contributed by atoms with Gasteiger partial charge in [0.15, 0.2) is 17.3 Å². The molecule has 0 fully saturated rings. The molecule has 3 aromatic rings. The van der Waals surface area contributed by atoms with Gasteiger partial charge in [-0.2, -0.15) is 5.10 Å². The maximum absolute atomic E-state index is 13.9. The SMILES string of the molecule is COC(=O)CN(Cc1cc(OC)cc(OC)c1)C(=O)c1nn(-c2ccc(F)c(F)c2)c2c1CCC2. The molecular weight excluding hydrogens is 460 g/mol. The van der Waals surface area contributed by atoms with Crippen LogP contribution >= 0.6 is 0 Å². The number of amides is 1. The predicted octanol–water partition coefficient (Wildman–Crippen LogP) is 3.47. The van der Waals surface area contributed by atoms with E-state index in [1.54, 1.807) is 18.2 Å². The van der Waals surface area contributed by atoms with Crippen LogP contribution in [0.15, 0.2) is 36.4 Å². The lowest BCUT2D eigenvalue weighted by Crippen LogP contribution is -2.36. The van der Waals surface area contributed by atoms with E-state index in [0.717, 1.165) is 29.8 Å². The molecule has 10 heteroatoms. The summed E-state index contributed by atoms with van der Waals surface area (Å²) in [5.74, 6) is -1.97. The summed E-state index contributed by atoms with van der Waals surface area (Å²) in [4.78, 5) is 27.2. The Hall–Kier alpha value is -3.95. The molecule has 1 aliphatic rings. The summed E-state index contributed by atoms with van der Waals surface area (Å²) in [6.45, 7) is -0.240. The number of benzene rings is 2. The molecule has 0 N–H and O–H groups in total. The molecule has 1 heterocycles. The number of carbonyl (C=O) groups is 2. The van der Waals surface area contributed by atoms with Gasteiger partial charge in [0.2, 0.25) is 0 Å². The van der Waals surface area contributed by atoms with E-state index in [1.165, 1.54) is 37.0 Å². The molecular formula is C25H25F2N3O5. The van der Waals surface area contributed by atoms with Crippen LogP contribution in [0.4, 0.5) is 8.78 Å². The van der Waals surface area contributed by atoms with Crippen molar-refractivity contribution in [1.29, 1.82) is 0 Å². The van der Waals surface area contributed by atoms with Crippen LogP contribution in [-0.4, -0.2) is 54.4 Å². The molecule has 4 rings (SSSR count). The van der Waals surface area contributed by atoms with Gasteiger partial charge in [0.05, 0.1) is 27.0 Å². The first kappa shape index (κ1) is 24.2. The fourth-order valence-corrected chi connectivity index (χ4v) is 4.19. The number of hydrogen-bond acceptors (Lipinski definition) is 6. The third kappa shape index (κ3) is 4.96. The van der Waals surface area contributed by atoms with Crippen LogP contribution in [0.25, 0.3) is 5.69 Å². The first-order valence-corrected chi connectivity index (χ1v) is 11.0. The molecule has 0 bridgehead atoms. The largest absolute Gasteiger partial charge is 0.497 e. The lowest BCUT2D eigenvalue weighted by molar-refractivity contribution is -0.141. The molecule has 184 valence electrons. The van der Waals surface area contributed by atoms with Gasteiger partial charge in [-0.15, -0.1) is 0 Å². The van der Waals surface area contributed by atoms with Gasteiger partial charge in [-0.05, 0) is 49.1 Å². The lowest BCUT2D eigenvalue weighted by atomic mass is 10.1. The van der Waals surface area contributed by atoms with E-state index < -0.39 is 23.5 Å². The zero-order valence-electron chi connectivity index (χ0n) is 19.6. The van der Waals surface area contributed by atoms with Crippen molar-refractivity contribution in [1.82, 2.24) is 14.7 Å². The molecule has 1 amide bonds. The second-order valence-corrected chi connectivity index (χ2v) is 8.10. The van der Waals surface area contributed by atoms with Crippen LogP contribution < -0.4 is 9.47 Å². The number of rotatable bonds is 8. The minimum Gasteiger partial charge on any atom is -0.497 e. The molecule has 1 aromatic heterocycles. The normalized spacial score (nSPS) is 12.3. The van der Waals surface area contributed by atoms with Crippen molar-refractivity contribution >= 4 is 11.9 Å². The second kappa shape index (κ2) is 10.1. The third-order valence-corrected chi connectivity index (χ3v) is 5.90. The molecule has 35 heavy (non-hydrogen) atoms. The van der Waals surface area contributed by atoms with E-state index in [0.29, 0.717) is 35.6 Å². The Morgan fingerprint density at radius 3 is 2.34 bits per heavy atom. The molecule has 0 aliphatic heterocycles. The van der Waals surface area contributed by atoms with Crippen LogP contribution in [0, 0.1) is 11.6 Å². The van der Waals surface area contributed by atoms with Crippen molar-refractivity contribution in [3.05, 3.63) is 70.5 Å². The van der Waals surface area contributed by atoms with Gasteiger partial charge in [0, 0.05) is 29.9 Å². The van der Waals surface area contributed by atoms with Crippen molar-refractivity contribution in [3.63, 3.8) is 0 Å². The summed E-state index contributed by atoms with van der Waals surface area (Å²) in [7, 11) is 4.28. The lowest BCUT2D eigenvalue weighted by Gasteiger charge is -2.22. The minimum atomic E-state index is -1.00. The van der Waals surface area contributed by atoms with Crippen molar-refractivity contribution in [3.8, 4) is 17.2 Å². The first-order chi connectivity index (χ1) is 16.8. The van der Waals surface area contributed by atoms with E-state index >= 15 is 0 Å². The van der Waals surface area contributed by atoms with Gasteiger partial charge < -0.3 is 19.1 Å².